The van der Waals surface area contributed by atoms with Gasteiger partial charge in [0.2, 0.25) is 0 Å². The molecule has 3 rings (SSSR count). The summed E-state index contributed by atoms with van der Waals surface area (Å²) in [5, 5.41) is 10.3. The van der Waals surface area contributed by atoms with Gasteiger partial charge in [0.1, 0.15) is 0 Å². The quantitative estimate of drug-likeness (QED) is 0.796. The van der Waals surface area contributed by atoms with Crippen LogP contribution in [0.4, 0.5) is 0 Å². The van der Waals surface area contributed by atoms with Crippen LogP contribution >= 0.6 is 0 Å². The van der Waals surface area contributed by atoms with E-state index in [0.29, 0.717) is 13.2 Å². The zero-order valence-corrected chi connectivity index (χ0v) is 14.9. The highest BCUT2D eigenvalue weighted by Crippen LogP contribution is 2.24. The first-order valence-electron chi connectivity index (χ1n) is 9.41. The lowest BCUT2D eigenvalue weighted by atomic mass is 9.92. The van der Waals surface area contributed by atoms with Gasteiger partial charge in [0.05, 0.1) is 19.3 Å². The summed E-state index contributed by atoms with van der Waals surface area (Å²) in [5.74, 6) is 0.199. The molecule has 0 spiro atoms. The van der Waals surface area contributed by atoms with Gasteiger partial charge < -0.3 is 14.7 Å². The molecule has 3 nitrogen and oxygen atoms in total. The third-order valence-corrected chi connectivity index (χ3v) is 4.92. The van der Waals surface area contributed by atoms with Crippen molar-refractivity contribution in [1.29, 1.82) is 0 Å². The normalized spacial score (nSPS) is 16.9. The van der Waals surface area contributed by atoms with E-state index in [1.807, 2.05) is 12.1 Å². The number of hydrogen-bond acceptors (Lipinski definition) is 3. The molecule has 25 heavy (non-hydrogen) atoms. The van der Waals surface area contributed by atoms with Gasteiger partial charge >= 0.3 is 0 Å². The van der Waals surface area contributed by atoms with Crippen LogP contribution in [0.1, 0.15) is 36.3 Å². The van der Waals surface area contributed by atoms with Crippen molar-refractivity contribution < 1.29 is 9.84 Å². The first-order valence-corrected chi connectivity index (χ1v) is 9.41. The van der Waals surface area contributed by atoms with E-state index in [9.17, 15) is 5.11 Å². The fourth-order valence-corrected chi connectivity index (χ4v) is 3.57. The minimum Gasteiger partial charge on any atom is -0.389 e. The molecule has 134 valence electrons. The Bertz CT molecular complexity index is 556. The van der Waals surface area contributed by atoms with Crippen LogP contribution in [0, 0.1) is 0 Å². The summed E-state index contributed by atoms with van der Waals surface area (Å²) >= 11 is 0. The van der Waals surface area contributed by atoms with Gasteiger partial charge in [-0.25, -0.2) is 0 Å². The smallest absolute Gasteiger partial charge is 0.0900 e. The summed E-state index contributed by atoms with van der Waals surface area (Å²) in [6.45, 7) is 3.92. The molecule has 1 saturated heterocycles. The third kappa shape index (κ3) is 5.67. The van der Waals surface area contributed by atoms with Gasteiger partial charge in [-0.3, -0.25) is 0 Å². The average molecular weight is 339 g/mol. The molecule has 3 heteroatoms. The summed E-state index contributed by atoms with van der Waals surface area (Å²) in [6.07, 6.45) is 3.40. The highest BCUT2D eigenvalue weighted by molar-refractivity contribution is 5.32. The maximum atomic E-state index is 10.3. The number of likely N-dealkylation sites (tertiary alicyclic amines) is 1. The highest BCUT2D eigenvalue weighted by atomic mass is 16.5. The number of piperidine rings is 1. The second-order valence-electron chi connectivity index (χ2n) is 6.93. The molecular weight excluding hydrogens is 310 g/mol. The molecule has 0 aromatic heterocycles. The average Bonchev–Trinajstić information content (AvgIpc) is 2.67. The number of aliphatic hydroxyl groups is 1. The van der Waals surface area contributed by atoms with Crippen molar-refractivity contribution in [3.8, 4) is 0 Å². The van der Waals surface area contributed by atoms with E-state index >= 15 is 0 Å². The van der Waals surface area contributed by atoms with E-state index in [1.165, 1.54) is 30.4 Å². The van der Waals surface area contributed by atoms with Crippen molar-refractivity contribution in [2.24, 2.45) is 0 Å². The molecule has 2 aromatic carbocycles. The van der Waals surface area contributed by atoms with Crippen LogP contribution in [-0.4, -0.2) is 49.0 Å². The Balaban J connectivity index is 1.54. The maximum Gasteiger partial charge on any atom is 0.0900 e. The number of β-amino-alcohol motifs (C(OH)–C–C–N with tert-alkyl or cyclic N) is 1. The van der Waals surface area contributed by atoms with Crippen LogP contribution in [0.25, 0.3) is 0 Å². The zero-order chi connectivity index (χ0) is 17.3. The van der Waals surface area contributed by atoms with Crippen LogP contribution in [0.2, 0.25) is 0 Å². The van der Waals surface area contributed by atoms with Crippen LogP contribution in [0.5, 0.6) is 0 Å². The van der Waals surface area contributed by atoms with E-state index in [-0.39, 0.29) is 5.92 Å². The van der Waals surface area contributed by atoms with E-state index in [0.717, 1.165) is 19.6 Å². The molecule has 1 aliphatic heterocycles. The Morgan fingerprint density at radius 3 is 1.92 bits per heavy atom. The van der Waals surface area contributed by atoms with Gasteiger partial charge in [0.25, 0.3) is 0 Å². The molecule has 0 radical (unpaired) electrons. The molecule has 1 N–H and O–H groups in total. The summed E-state index contributed by atoms with van der Waals surface area (Å²) in [7, 11) is 0. The van der Waals surface area contributed by atoms with Crippen molar-refractivity contribution >= 4 is 0 Å². The predicted octanol–water partition coefficient (Wildman–Crippen LogP) is 3.68. The fourth-order valence-electron chi connectivity index (χ4n) is 3.57. The van der Waals surface area contributed by atoms with Gasteiger partial charge in [-0.15, -0.1) is 0 Å². The number of rotatable bonds is 8. The van der Waals surface area contributed by atoms with Crippen LogP contribution in [-0.2, 0) is 4.74 Å². The molecule has 0 bridgehead atoms. The molecule has 0 saturated carbocycles. The van der Waals surface area contributed by atoms with Crippen molar-refractivity contribution in [3.05, 3.63) is 71.8 Å². The predicted molar refractivity (Wildman–Crippen MR) is 102 cm³/mol. The van der Waals surface area contributed by atoms with Crippen molar-refractivity contribution in [2.45, 2.75) is 31.3 Å². The van der Waals surface area contributed by atoms with Crippen LogP contribution < -0.4 is 0 Å². The number of nitrogens with zero attached hydrogens (tertiary/aromatic N) is 1. The van der Waals surface area contributed by atoms with Gasteiger partial charge in [-0.1, -0.05) is 67.1 Å². The van der Waals surface area contributed by atoms with Crippen molar-refractivity contribution in [2.75, 3.05) is 32.8 Å². The zero-order valence-electron chi connectivity index (χ0n) is 14.9. The Kier molecular flexibility index (Phi) is 7.04. The minimum absolute atomic E-state index is 0.199. The van der Waals surface area contributed by atoms with Crippen molar-refractivity contribution in [3.63, 3.8) is 0 Å². The first-order chi connectivity index (χ1) is 12.3. The van der Waals surface area contributed by atoms with E-state index in [1.54, 1.807) is 0 Å². The van der Waals surface area contributed by atoms with Gasteiger partial charge in [-0.05, 0) is 37.1 Å². The lowest BCUT2D eigenvalue weighted by Crippen LogP contribution is -2.38. The monoisotopic (exact) mass is 339 g/mol. The second kappa shape index (κ2) is 9.71. The number of aliphatic hydroxyl groups excluding tert-OH is 1. The minimum atomic E-state index is -0.412. The molecular formula is C22H29NO2. The number of hydrogen-bond donors (Lipinski definition) is 1. The molecule has 2 aromatic rings. The third-order valence-electron chi connectivity index (χ3n) is 4.92. The lowest BCUT2D eigenvalue weighted by molar-refractivity contribution is 0.0114. The molecule has 1 fully saturated rings. The van der Waals surface area contributed by atoms with Gasteiger partial charge in [0.15, 0.2) is 0 Å². The Morgan fingerprint density at radius 2 is 1.36 bits per heavy atom. The Morgan fingerprint density at radius 1 is 0.800 bits per heavy atom. The van der Waals surface area contributed by atoms with Crippen molar-refractivity contribution in [1.82, 2.24) is 4.90 Å². The largest absolute Gasteiger partial charge is 0.389 e. The fraction of sp³-hybridized carbons (Fsp3) is 0.455. The summed E-state index contributed by atoms with van der Waals surface area (Å²) in [4.78, 5) is 2.35. The second-order valence-corrected chi connectivity index (χ2v) is 6.93. The standard InChI is InChI=1S/C22H29NO2/c24-21(16-23-14-8-3-9-15-23)17-25-18-22(19-10-4-1-5-11-19)20-12-6-2-7-13-20/h1-2,4-7,10-13,21-22,24H,3,8-9,14-18H2. The number of ether oxygens (including phenoxy) is 1. The SMILES string of the molecule is OC(COCC(c1ccccc1)c1ccccc1)CN1CCCCC1. The topological polar surface area (TPSA) is 32.7 Å². The molecule has 1 heterocycles. The Hall–Kier alpha value is -1.68. The Labute approximate surface area is 151 Å². The molecule has 1 unspecified atom stereocenters. The molecule has 0 amide bonds. The molecule has 1 aliphatic rings. The van der Waals surface area contributed by atoms with Crippen LogP contribution in [0.15, 0.2) is 60.7 Å². The summed E-state index contributed by atoms with van der Waals surface area (Å²) in [6, 6.07) is 20.9. The lowest BCUT2D eigenvalue weighted by Gasteiger charge is -2.28. The van der Waals surface area contributed by atoms with E-state index < -0.39 is 6.10 Å². The summed E-state index contributed by atoms with van der Waals surface area (Å²) in [5.41, 5.74) is 2.50. The van der Waals surface area contributed by atoms with Gasteiger partial charge in [0, 0.05) is 12.5 Å². The van der Waals surface area contributed by atoms with E-state index in [2.05, 4.69) is 53.4 Å². The van der Waals surface area contributed by atoms with E-state index in [4.69, 9.17) is 4.74 Å². The van der Waals surface area contributed by atoms with Crippen LogP contribution in [0.3, 0.4) is 0 Å². The number of benzene rings is 2. The molecule has 1 atom stereocenters. The highest BCUT2D eigenvalue weighted by Gasteiger charge is 2.17. The maximum absolute atomic E-state index is 10.3. The summed E-state index contributed by atoms with van der Waals surface area (Å²) < 4.78 is 5.93. The van der Waals surface area contributed by atoms with Gasteiger partial charge in [-0.2, -0.15) is 0 Å². The molecule has 0 aliphatic carbocycles. The first kappa shape index (κ1) is 18.1.